The molecule has 3 heteroatoms. The molecule has 1 fully saturated rings. The number of aryl methyl sites for hydroxylation is 1. The van der Waals surface area contributed by atoms with Crippen LogP contribution in [0.2, 0.25) is 0 Å². The van der Waals surface area contributed by atoms with Crippen LogP contribution in [0.3, 0.4) is 0 Å². The molecule has 0 N–H and O–H groups in total. The number of nitrogens with zero attached hydrogens (tertiary/aromatic N) is 1. The monoisotopic (exact) mass is 411 g/mol. The zero-order chi connectivity index (χ0) is 20.9. The van der Waals surface area contributed by atoms with Gasteiger partial charge in [-0.05, 0) is 42.7 Å². The molecule has 1 heterocycles. The van der Waals surface area contributed by atoms with Crippen molar-refractivity contribution in [2.75, 3.05) is 13.3 Å². The fraction of sp³-hybridized carbons (Fsp3) is 0.286. The van der Waals surface area contributed by atoms with E-state index in [1.165, 1.54) is 30.4 Å². The molecule has 2 aliphatic rings. The highest BCUT2D eigenvalue weighted by molar-refractivity contribution is 5.86. The molecule has 3 aromatic carbocycles. The van der Waals surface area contributed by atoms with Crippen LogP contribution in [-0.2, 0) is 16.2 Å². The van der Waals surface area contributed by atoms with Gasteiger partial charge in [0.05, 0.1) is 5.70 Å². The summed E-state index contributed by atoms with van der Waals surface area (Å²) in [5, 5.41) is 0. The minimum Gasteiger partial charge on any atom is -0.342 e. The van der Waals surface area contributed by atoms with Gasteiger partial charge in [0.25, 0.3) is 0 Å². The summed E-state index contributed by atoms with van der Waals surface area (Å²) in [6, 6.07) is 29.9. The van der Waals surface area contributed by atoms with Gasteiger partial charge in [-0.2, -0.15) is 4.89 Å². The smallest absolute Gasteiger partial charge is 0.196 e. The average Bonchev–Trinajstić information content (AvgIpc) is 2.79. The molecule has 1 saturated carbocycles. The molecule has 0 aromatic heterocycles. The van der Waals surface area contributed by atoms with Crippen LogP contribution < -0.4 is 0 Å². The molecule has 5 rings (SSSR count). The first-order valence-corrected chi connectivity index (χ1v) is 11.4. The van der Waals surface area contributed by atoms with Crippen LogP contribution in [0.5, 0.6) is 0 Å². The van der Waals surface area contributed by atoms with Gasteiger partial charge in [0.2, 0.25) is 0 Å². The van der Waals surface area contributed by atoms with Crippen LogP contribution in [0.1, 0.15) is 53.9 Å². The molecule has 158 valence electrons. The molecule has 0 bridgehead atoms. The first-order valence-electron chi connectivity index (χ1n) is 11.4. The third-order valence-electron chi connectivity index (χ3n) is 6.39. The molecule has 0 saturated heterocycles. The Morgan fingerprint density at radius 1 is 0.806 bits per heavy atom. The number of rotatable bonds is 7. The Balaban J connectivity index is 1.35. The molecular formula is C28H29NO2. The molecule has 0 amide bonds. The predicted octanol–water partition coefficient (Wildman–Crippen LogP) is 6.63. The maximum Gasteiger partial charge on any atom is 0.196 e. The van der Waals surface area contributed by atoms with Crippen molar-refractivity contribution >= 4 is 11.5 Å². The van der Waals surface area contributed by atoms with Gasteiger partial charge in [0.15, 0.2) is 12.5 Å². The minimum atomic E-state index is 0.433. The lowest BCUT2D eigenvalue weighted by Crippen LogP contribution is -2.31. The lowest BCUT2D eigenvalue weighted by atomic mass is 9.79. The van der Waals surface area contributed by atoms with Gasteiger partial charge >= 0.3 is 0 Å². The van der Waals surface area contributed by atoms with E-state index in [1.807, 2.05) is 24.3 Å². The second-order valence-electron chi connectivity index (χ2n) is 8.48. The molecule has 0 spiro atoms. The Hall–Kier alpha value is -3.04. The summed E-state index contributed by atoms with van der Waals surface area (Å²) in [5.74, 6) is 1.57. The van der Waals surface area contributed by atoms with Crippen LogP contribution in [0.4, 0.5) is 0 Å². The zero-order valence-electron chi connectivity index (χ0n) is 17.9. The summed E-state index contributed by atoms with van der Waals surface area (Å²) in [6.45, 7) is 1.35. The molecule has 0 atom stereocenters. The lowest BCUT2D eigenvalue weighted by molar-refractivity contribution is -0.265. The van der Waals surface area contributed by atoms with Crippen molar-refractivity contribution in [2.24, 2.45) is 0 Å². The molecule has 31 heavy (non-hydrogen) atoms. The third kappa shape index (κ3) is 4.52. The largest absolute Gasteiger partial charge is 0.342 e. The molecule has 3 nitrogen and oxygen atoms in total. The molecule has 1 aliphatic heterocycles. The Labute approximate surface area is 184 Å². The van der Waals surface area contributed by atoms with Crippen molar-refractivity contribution < 1.29 is 9.78 Å². The highest BCUT2D eigenvalue weighted by Crippen LogP contribution is 2.37. The van der Waals surface area contributed by atoms with Gasteiger partial charge in [-0.1, -0.05) is 91.3 Å². The van der Waals surface area contributed by atoms with E-state index < -0.39 is 0 Å². The molecular weight excluding hydrogens is 382 g/mol. The summed E-state index contributed by atoms with van der Waals surface area (Å²) < 4.78 is 0. The quantitative estimate of drug-likeness (QED) is 0.407. The Morgan fingerprint density at radius 3 is 2.26 bits per heavy atom. The summed E-state index contributed by atoms with van der Waals surface area (Å²) in [7, 11) is 0. The van der Waals surface area contributed by atoms with Gasteiger partial charge in [-0.3, -0.25) is 0 Å². The first kappa shape index (κ1) is 19.9. The van der Waals surface area contributed by atoms with E-state index in [4.69, 9.17) is 9.78 Å². The van der Waals surface area contributed by atoms with E-state index in [9.17, 15) is 0 Å². The highest BCUT2D eigenvalue weighted by atomic mass is 17.2. The van der Waals surface area contributed by atoms with Crippen LogP contribution in [0.25, 0.3) is 11.5 Å². The Kier molecular flexibility index (Phi) is 6.03. The van der Waals surface area contributed by atoms with E-state index in [0.29, 0.717) is 6.73 Å². The predicted molar refractivity (Wildman–Crippen MR) is 125 cm³/mol. The van der Waals surface area contributed by atoms with E-state index in [0.717, 1.165) is 47.9 Å². The van der Waals surface area contributed by atoms with Crippen molar-refractivity contribution in [3.8, 4) is 0 Å². The molecule has 3 aromatic rings. The average molecular weight is 412 g/mol. The van der Waals surface area contributed by atoms with E-state index in [-0.39, 0.29) is 0 Å². The highest BCUT2D eigenvalue weighted by Gasteiger charge is 2.25. The van der Waals surface area contributed by atoms with Crippen molar-refractivity contribution in [1.82, 2.24) is 4.90 Å². The van der Waals surface area contributed by atoms with Gasteiger partial charge in [-0.25, -0.2) is 0 Å². The maximum absolute atomic E-state index is 5.72. The zero-order valence-corrected chi connectivity index (χ0v) is 17.9. The summed E-state index contributed by atoms with van der Waals surface area (Å²) in [4.78, 5) is 13.6. The van der Waals surface area contributed by atoms with Crippen LogP contribution >= 0.6 is 0 Å². The van der Waals surface area contributed by atoms with Gasteiger partial charge in [-0.15, -0.1) is 0 Å². The standard InChI is InChI=1S/C28H29NO2/c1-3-12-24(13-4-1)27-28(25-14-5-2-6-15-25)31-30-21-29(27)19-9-11-22-10-7-18-26(20-22)23-16-8-17-23/h1-7,10,12-15,18,20,23H,8-9,11,16-17,19,21H2. The molecule has 0 radical (unpaired) electrons. The van der Waals surface area contributed by atoms with E-state index in [2.05, 4.69) is 65.6 Å². The second kappa shape index (κ2) is 9.40. The topological polar surface area (TPSA) is 21.7 Å². The second-order valence-corrected chi connectivity index (χ2v) is 8.48. The van der Waals surface area contributed by atoms with Crippen molar-refractivity contribution in [3.05, 3.63) is 107 Å². The number of benzene rings is 3. The SMILES string of the molecule is c1ccc(C2=C(c3ccccc3)N(CCCc3cccc(C4CCC4)c3)COO2)cc1. The first-order chi connectivity index (χ1) is 15.4. The number of hydrogen-bond donors (Lipinski definition) is 0. The molecule has 1 aliphatic carbocycles. The summed E-state index contributed by atoms with van der Waals surface area (Å²) in [6.07, 6.45) is 6.21. The van der Waals surface area contributed by atoms with Crippen molar-refractivity contribution in [2.45, 2.75) is 38.0 Å². The fourth-order valence-electron chi connectivity index (χ4n) is 4.48. The normalized spacial score (nSPS) is 16.7. The molecule has 0 unspecified atom stereocenters. The van der Waals surface area contributed by atoms with Crippen LogP contribution in [-0.4, -0.2) is 18.2 Å². The van der Waals surface area contributed by atoms with Crippen LogP contribution in [0.15, 0.2) is 84.9 Å². The van der Waals surface area contributed by atoms with Gasteiger partial charge < -0.3 is 9.79 Å². The number of hydrogen-bond acceptors (Lipinski definition) is 3. The van der Waals surface area contributed by atoms with Crippen molar-refractivity contribution in [3.63, 3.8) is 0 Å². The lowest BCUT2D eigenvalue weighted by Gasteiger charge is -2.32. The van der Waals surface area contributed by atoms with Gasteiger partial charge in [0, 0.05) is 17.7 Å². The third-order valence-corrected chi connectivity index (χ3v) is 6.39. The fourth-order valence-corrected chi connectivity index (χ4v) is 4.48. The summed E-state index contributed by atoms with van der Waals surface area (Å²) in [5.41, 5.74) is 6.24. The Morgan fingerprint density at radius 2 is 1.55 bits per heavy atom. The van der Waals surface area contributed by atoms with Crippen molar-refractivity contribution in [1.29, 1.82) is 0 Å². The van der Waals surface area contributed by atoms with Crippen LogP contribution in [0, 0.1) is 0 Å². The van der Waals surface area contributed by atoms with E-state index in [1.54, 1.807) is 0 Å². The summed E-state index contributed by atoms with van der Waals surface area (Å²) >= 11 is 0. The minimum absolute atomic E-state index is 0.433. The Bertz CT molecular complexity index is 1030. The maximum atomic E-state index is 5.72. The van der Waals surface area contributed by atoms with Gasteiger partial charge in [0.1, 0.15) is 0 Å². The van der Waals surface area contributed by atoms with E-state index >= 15 is 0 Å².